The Balaban J connectivity index is 2.06. The molecule has 2 rings (SSSR count). The quantitative estimate of drug-likeness (QED) is 0.751. The number of aliphatic hydroxyl groups excluding tert-OH is 1. The fourth-order valence-electron chi connectivity index (χ4n) is 2.71. The van der Waals surface area contributed by atoms with Crippen molar-refractivity contribution in [3.8, 4) is 0 Å². The lowest BCUT2D eigenvalue weighted by Crippen LogP contribution is -2.37. The van der Waals surface area contributed by atoms with Crippen molar-refractivity contribution in [2.75, 3.05) is 38.7 Å². The Kier molecular flexibility index (Phi) is 6.02. The third kappa shape index (κ3) is 3.95. The van der Waals surface area contributed by atoms with Gasteiger partial charge in [-0.15, -0.1) is 0 Å². The molecule has 2 N–H and O–H groups in total. The predicted octanol–water partition coefficient (Wildman–Crippen LogP) is 1.73. The SMILES string of the molecule is COCCCNc1ccccc1C(=O)N1CCC[C@H]1CO. The molecule has 1 aromatic carbocycles. The average molecular weight is 292 g/mol. The largest absolute Gasteiger partial charge is 0.394 e. The fraction of sp³-hybridized carbons (Fsp3) is 0.562. The highest BCUT2D eigenvalue weighted by Crippen LogP contribution is 2.23. The molecule has 0 unspecified atom stereocenters. The van der Waals surface area contributed by atoms with E-state index < -0.39 is 0 Å². The molecule has 21 heavy (non-hydrogen) atoms. The Morgan fingerprint density at radius 2 is 2.29 bits per heavy atom. The number of para-hydroxylation sites is 1. The minimum absolute atomic E-state index is 0.00129. The van der Waals surface area contributed by atoms with Gasteiger partial charge in [-0.3, -0.25) is 4.79 Å². The second kappa shape index (κ2) is 8.00. The summed E-state index contributed by atoms with van der Waals surface area (Å²) in [5, 5.41) is 12.7. The molecule has 116 valence electrons. The van der Waals surface area contributed by atoms with Crippen LogP contribution < -0.4 is 5.32 Å². The van der Waals surface area contributed by atoms with Crippen molar-refractivity contribution in [2.24, 2.45) is 0 Å². The summed E-state index contributed by atoms with van der Waals surface area (Å²) in [7, 11) is 1.68. The number of hydrogen-bond acceptors (Lipinski definition) is 4. The van der Waals surface area contributed by atoms with E-state index in [0.29, 0.717) is 12.2 Å². The molecule has 5 nitrogen and oxygen atoms in total. The average Bonchev–Trinajstić information content (AvgIpc) is 3.00. The van der Waals surface area contributed by atoms with Crippen LogP contribution in [-0.2, 0) is 4.74 Å². The molecule has 1 atom stereocenters. The first-order valence-corrected chi connectivity index (χ1v) is 7.51. The van der Waals surface area contributed by atoms with Crippen molar-refractivity contribution in [1.82, 2.24) is 4.90 Å². The van der Waals surface area contributed by atoms with Crippen LogP contribution in [0.3, 0.4) is 0 Å². The zero-order valence-corrected chi connectivity index (χ0v) is 12.5. The van der Waals surface area contributed by atoms with E-state index >= 15 is 0 Å². The first-order chi connectivity index (χ1) is 10.3. The lowest BCUT2D eigenvalue weighted by Gasteiger charge is -2.24. The van der Waals surface area contributed by atoms with Crippen LogP contribution in [-0.4, -0.2) is 55.4 Å². The number of amides is 1. The third-order valence-corrected chi connectivity index (χ3v) is 3.85. The Morgan fingerprint density at radius 1 is 1.48 bits per heavy atom. The topological polar surface area (TPSA) is 61.8 Å². The highest BCUT2D eigenvalue weighted by molar-refractivity contribution is 5.99. The maximum absolute atomic E-state index is 12.7. The summed E-state index contributed by atoms with van der Waals surface area (Å²) in [5.41, 5.74) is 1.53. The molecule has 1 heterocycles. The van der Waals surface area contributed by atoms with E-state index in [0.717, 1.165) is 38.0 Å². The van der Waals surface area contributed by atoms with E-state index in [1.807, 2.05) is 24.3 Å². The molecular weight excluding hydrogens is 268 g/mol. The minimum atomic E-state index is -0.0425. The summed E-state index contributed by atoms with van der Waals surface area (Å²) in [4.78, 5) is 14.5. The van der Waals surface area contributed by atoms with Crippen molar-refractivity contribution in [3.63, 3.8) is 0 Å². The van der Waals surface area contributed by atoms with Crippen LogP contribution in [0.2, 0.25) is 0 Å². The zero-order valence-electron chi connectivity index (χ0n) is 12.5. The molecule has 1 aromatic rings. The number of aliphatic hydroxyl groups is 1. The summed E-state index contributed by atoms with van der Waals surface area (Å²) < 4.78 is 5.02. The van der Waals surface area contributed by atoms with Crippen molar-refractivity contribution in [1.29, 1.82) is 0 Å². The second-order valence-corrected chi connectivity index (χ2v) is 5.30. The smallest absolute Gasteiger partial charge is 0.256 e. The van der Waals surface area contributed by atoms with E-state index in [1.54, 1.807) is 12.0 Å². The van der Waals surface area contributed by atoms with Crippen molar-refractivity contribution in [2.45, 2.75) is 25.3 Å². The van der Waals surface area contributed by atoms with E-state index in [9.17, 15) is 9.90 Å². The van der Waals surface area contributed by atoms with Crippen LogP contribution in [0.5, 0.6) is 0 Å². The number of carbonyl (C=O) groups is 1. The Hall–Kier alpha value is -1.59. The predicted molar refractivity (Wildman–Crippen MR) is 82.6 cm³/mol. The molecule has 1 amide bonds. The molecule has 0 bridgehead atoms. The first kappa shape index (κ1) is 15.8. The summed E-state index contributed by atoms with van der Waals surface area (Å²) >= 11 is 0. The molecule has 0 aromatic heterocycles. The number of carbonyl (C=O) groups excluding carboxylic acids is 1. The normalized spacial score (nSPS) is 18.0. The maximum atomic E-state index is 12.7. The van der Waals surface area contributed by atoms with Crippen LogP contribution in [0.15, 0.2) is 24.3 Å². The number of benzene rings is 1. The Labute approximate surface area is 125 Å². The van der Waals surface area contributed by atoms with Gasteiger partial charge in [-0.1, -0.05) is 12.1 Å². The number of nitrogens with one attached hydrogen (secondary N) is 1. The molecule has 1 aliphatic heterocycles. The molecule has 5 heteroatoms. The molecule has 0 spiro atoms. The van der Waals surface area contributed by atoms with E-state index in [-0.39, 0.29) is 18.6 Å². The first-order valence-electron chi connectivity index (χ1n) is 7.51. The van der Waals surface area contributed by atoms with Crippen LogP contribution >= 0.6 is 0 Å². The van der Waals surface area contributed by atoms with Crippen LogP contribution in [0.1, 0.15) is 29.6 Å². The van der Waals surface area contributed by atoms with Gasteiger partial charge in [-0.05, 0) is 31.4 Å². The van der Waals surface area contributed by atoms with Gasteiger partial charge in [-0.25, -0.2) is 0 Å². The van der Waals surface area contributed by atoms with Gasteiger partial charge in [0.15, 0.2) is 0 Å². The summed E-state index contributed by atoms with van der Waals surface area (Å²) in [6.07, 6.45) is 2.73. The molecule has 0 aliphatic carbocycles. The van der Waals surface area contributed by atoms with Crippen molar-refractivity contribution < 1.29 is 14.6 Å². The monoisotopic (exact) mass is 292 g/mol. The highest BCUT2D eigenvalue weighted by atomic mass is 16.5. The number of nitrogens with zero attached hydrogens (tertiary/aromatic N) is 1. The lowest BCUT2D eigenvalue weighted by molar-refractivity contribution is 0.0678. The number of rotatable bonds is 7. The summed E-state index contributed by atoms with van der Waals surface area (Å²) in [5.74, 6) is 0.00129. The van der Waals surface area contributed by atoms with Crippen molar-refractivity contribution >= 4 is 11.6 Å². The van der Waals surface area contributed by atoms with Crippen LogP contribution in [0, 0.1) is 0 Å². The molecular formula is C16H24N2O3. The summed E-state index contributed by atoms with van der Waals surface area (Å²) in [6, 6.07) is 7.51. The summed E-state index contributed by atoms with van der Waals surface area (Å²) in [6.45, 7) is 2.22. The molecule has 0 radical (unpaired) electrons. The van der Waals surface area contributed by atoms with Gasteiger partial charge in [0.05, 0.1) is 18.2 Å². The third-order valence-electron chi connectivity index (χ3n) is 3.85. The highest BCUT2D eigenvalue weighted by Gasteiger charge is 2.29. The maximum Gasteiger partial charge on any atom is 0.256 e. The van der Waals surface area contributed by atoms with E-state index in [2.05, 4.69) is 5.32 Å². The van der Waals surface area contributed by atoms with Crippen LogP contribution in [0.4, 0.5) is 5.69 Å². The van der Waals surface area contributed by atoms with Gasteiger partial charge >= 0.3 is 0 Å². The zero-order chi connectivity index (χ0) is 15.1. The Morgan fingerprint density at radius 3 is 3.05 bits per heavy atom. The van der Waals surface area contributed by atoms with Gasteiger partial charge in [-0.2, -0.15) is 0 Å². The Bertz CT molecular complexity index is 465. The fourth-order valence-corrected chi connectivity index (χ4v) is 2.71. The molecule has 1 fully saturated rings. The number of anilines is 1. The number of hydrogen-bond donors (Lipinski definition) is 2. The van der Waals surface area contributed by atoms with Gasteiger partial charge < -0.3 is 20.1 Å². The van der Waals surface area contributed by atoms with Crippen LogP contribution in [0.25, 0.3) is 0 Å². The van der Waals surface area contributed by atoms with E-state index in [4.69, 9.17) is 4.74 Å². The lowest BCUT2D eigenvalue weighted by atomic mass is 10.1. The second-order valence-electron chi connectivity index (χ2n) is 5.30. The van der Waals surface area contributed by atoms with E-state index in [1.165, 1.54) is 0 Å². The number of ether oxygens (including phenoxy) is 1. The number of likely N-dealkylation sites (tertiary alicyclic amines) is 1. The standard InChI is InChI=1S/C16H24N2O3/c1-21-11-5-9-17-15-8-3-2-7-14(15)16(20)18-10-4-6-13(18)12-19/h2-3,7-8,13,17,19H,4-6,9-12H2,1H3/t13-/m0/s1. The molecule has 1 aliphatic rings. The van der Waals surface area contributed by atoms with Gasteiger partial charge in [0.1, 0.15) is 0 Å². The molecule has 1 saturated heterocycles. The van der Waals surface area contributed by atoms with Gasteiger partial charge in [0.25, 0.3) is 5.91 Å². The van der Waals surface area contributed by atoms with Gasteiger partial charge in [0, 0.05) is 32.5 Å². The molecule has 0 saturated carbocycles. The minimum Gasteiger partial charge on any atom is -0.394 e. The van der Waals surface area contributed by atoms with Crippen molar-refractivity contribution in [3.05, 3.63) is 29.8 Å². The van der Waals surface area contributed by atoms with Gasteiger partial charge in [0.2, 0.25) is 0 Å². The number of methoxy groups -OCH3 is 1.